The molecule has 6 nitrogen and oxygen atoms in total. The summed E-state index contributed by atoms with van der Waals surface area (Å²) < 4.78 is 11.1. The maximum absolute atomic E-state index is 13.0. The van der Waals surface area contributed by atoms with Gasteiger partial charge in [-0.1, -0.05) is 23.4 Å². The molecule has 0 radical (unpaired) electrons. The van der Waals surface area contributed by atoms with Gasteiger partial charge in [0.25, 0.3) is 5.91 Å². The molecule has 0 spiro atoms. The summed E-state index contributed by atoms with van der Waals surface area (Å²) in [7, 11) is 0. The number of hydrogen-bond acceptors (Lipinski definition) is 6. The molecule has 154 valence electrons. The summed E-state index contributed by atoms with van der Waals surface area (Å²) in [4.78, 5) is 17.5. The molecule has 0 bridgehead atoms. The van der Waals surface area contributed by atoms with Crippen LogP contribution in [0.1, 0.15) is 27.4 Å². The third kappa shape index (κ3) is 3.68. The second-order valence-corrected chi connectivity index (χ2v) is 8.17. The highest BCUT2D eigenvalue weighted by molar-refractivity contribution is 7.98. The van der Waals surface area contributed by atoms with Crippen LogP contribution >= 0.6 is 11.8 Å². The van der Waals surface area contributed by atoms with Crippen molar-refractivity contribution in [1.82, 2.24) is 10.1 Å². The first-order valence-corrected chi connectivity index (χ1v) is 10.8. The zero-order chi connectivity index (χ0) is 21.4. The van der Waals surface area contributed by atoms with Crippen LogP contribution in [0.3, 0.4) is 0 Å². The van der Waals surface area contributed by atoms with E-state index in [4.69, 9.17) is 8.94 Å². The number of hydrogen-bond donors (Lipinski definition) is 1. The molecule has 3 aromatic heterocycles. The molecular formula is C24H19N3O3S. The summed E-state index contributed by atoms with van der Waals surface area (Å²) in [5.41, 5.74) is 4.72. The highest BCUT2D eigenvalue weighted by atomic mass is 32.2. The van der Waals surface area contributed by atoms with E-state index in [0.717, 1.165) is 39.0 Å². The maximum atomic E-state index is 13.0. The lowest BCUT2D eigenvalue weighted by Gasteiger charge is -2.09. The number of nitrogens with one attached hydrogen (secondary N) is 1. The van der Waals surface area contributed by atoms with Crippen LogP contribution < -0.4 is 5.32 Å². The highest BCUT2D eigenvalue weighted by Gasteiger charge is 2.16. The third-order valence-electron chi connectivity index (χ3n) is 5.18. The fourth-order valence-corrected chi connectivity index (χ4v) is 4.67. The SMILES string of the molecule is Cc1noc(C)c1CSc1ncccc1C(=O)Nc1ccc2oc3ccccc3c2c1. The number of thioether (sulfide) groups is 1. The van der Waals surface area contributed by atoms with Crippen molar-refractivity contribution < 1.29 is 13.7 Å². The predicted molar refractivity (Wildman–Crippen MR) is 121 cm³/mol. The molecule has 0 aliphatic rings. The normalized spacial score (nSPS) is 11.3. The van der Waals surface area contributed by atoms with Crippen LogP contribution in [0.4, 0.5) is 5.69 Å². The van der Waals surface area contributed by atoms with Gasteiger partial charge in [-0.05, 0) is 50.2 Å². The monoisotopic (exact) mass is 429 g/mol. The molecule has 0 aliphatic carbocycles. The molecule has 7 heteroatoms. The maximum Gasteiger partial charge on any atom is 0.258 e. The molecule has 0 fully saturated rings. The zero-order valence-electron chi connectivity index (χ0n) is 17.0. The van der Waals surface area contributed by atoms with Gasteiger partial charge >= 0.3 is 0 Å². The van der Waals surface area contributed by atoms with Crippen molar-refractivity contribution in [3.8, 4) is 0 Å². The number of carbonyl (C=O) groups is 1. The van der Waals surface area contributed by atoms with E-state index in [1.807, 2.05) is 56.3 Å². The summed E-state index contributed by atoms with van der Waals surface area (Å²) >= 11 is 1.49. The standard InChI is InChI=1S/C24H19N3O3S/c1-14-20(15(2)30-27-14)13-31-24-18(7-5-11-25-24)23(28)26-16-9-10-22-19(12-16)17-6-3-4-8-21(17)29-22/h3-12H,13H2,1-2H3,(H,26,28). The van der Waals surface area contributed by atoms with Crippen LogP contribution in [0.25, 0.3) is 21.9 Å². The highest BCUT2D eigenvalue weighted by Crippen LogP contribution is 2.31. The van der Waals surface area contributed by atoms with Crippen molar-refractivity contribution in [3.63, 3.8) is 0 Å². The number of fused-ring (bicyclic) bond motifs is 3. The molecule has 0 unspecified atom stereocenters. The number of amides is 1. The van der Waals surface area contributed by atoms with Crippen molar-refractivity contribution in [2.45, 2.75) is 24.6 Å². The van der Waals surface area contributed by atoms with Crippen molar-refractivity contribution in [2.75, 3.05) is 5.32 Å². The van der Waals surface area contributed by atoms with Crippen LogP contribution in [0.2, 0.25) is 0 Å². The van der Waals surface area contributed by atoms with Crippen molar-refractivity contribution in [1.29, 1.82) is 0 Å². The van der Waals surface area contributed by atoms with E-state index in [9.17, 15) is 4.79 Å². The van der Waals surface area contributed by atoms with E-state index < -0.39 is 0 Å². The molecule has 1 amide bonds. The molecule has 31 heavy (non-hydrogen) atoms. The number of benzene rings is 2. The third-order valence-corrected chi connectivity index (χ3v) is 6.22. The van der Waals surface area contributed by atoms with Gasteiger partial charge in [0.2, 0.25) is 0 Å². The summed E-state index contributed by atoms with van der Waals surface area (Å²) in [6, 6.07) is 17.1. The van der Waals surface area contributed by atoms with Gasteiger partial charge in [0.1, 0.15) is 22.0 Å². The number of para-hydroxylation sites is 1. The fourth-order valence-electron chi connectivity index (χ4n) is 3.53. The number of pyridine rings is 1. The first-order chi connectivity index (χ1) is 15.1. The van der Waals surface area contributed by atoms with Crippen LogP contribution in [0.15, 0.2) is 74.8 Å². The number of aromatic nitrogens is 2. The molecule has 0 saturated heterocycles. The first kappa shape index (κ1) is 19.4. The Labute approximate surface area is 182 Å². The number of furan rings is 1. The minimum absolute atomic E-state index is 0.207. The van der Waals surface area contributed by atoms with Gasteiger partial charge in [0.15, 0.2) is 0 Å². The van der Waals surface area contributed by atoms with Crippen LogP contribution in [0.5, 0.6) is 0 Å². The Balaban J connectivity index is 1.40. The summed E-state index contributed by atoms with van der Waals surface area (Å²) in [5, 5.41) is 9.63. The fraction of sp³-hybridized carbons (Fsp3) is 0.125. The molecule has 5 aromatic rings. The van der Waals surface area contributed by atoms with Gasteiger partial charge in [-0.2, -0.15) is 0 Å². The quantitative estimate of drug-likeness (QED) is 0.339. The van der Waals surface area contributed by atoms with Gasteiger partial charge < -0.3 is 14.3 Å². The number of aryl methyl sites for hydroxylation is 2. The van der Waals surface area contributed by atoms with Gasteiger partial charge in [0, 0.05) is 34.0 Å². The minimum atomic E-state index is -0.207. The number of carbonyl (C=O) groups excluding carboxylic acids is 1. The first-order valence-electron chi connectivity index (χ1n) is 9.82. The Morgan fingerprint density at radius 1 is 1.03 bits per heavy atom. The number of nitrogens with zero attached hydrogens (tertiary/aromatic N) is 2. The second kappa shape index (κ2) is 7.92. The van der Waals surface area contributed by atoms with E-state index in [2.05, 4.69) is 15.5 Å². The Morgan fingerprint density at radius 3 is 2.71 bits per heavy atom. The Morgan fingerprint density at radius 2 is 1.87 bits per heavy atom. The Bertz CT molecular complexity index is 1400. The molecule has 1 N–H and O–H groups in total. The van der Waals surface area contributed by atoms with Gasteiger partial charge in [-0.15, -0.1) is 11.8 Å². The van der Waals surface area contributed by atoms with Crippen LogP contribution in [0, 0.1) is 13.8 Å². The van der Waals surface area contributed by atoms with E-state index in [0.29, 0.717) is 22.0 Å². The van der Waals surface area contributed by atoms with Gasteiger partial charge in [0.05, 0.1) is 11.3 Å². The zero-order valence-corrected chi connectivity index (χ0v) is 17.8. The van der Waals surface area contributed by atoms with Crippen LogP contribution in [-0.4, -0.2) is 16.0 Å². The summed E-state index contributed by atoms with van der Waals surface area (Å²) in [6.07, 6.45) is 1.69. The molecular weight excluding hydrogens is 410 g/mol. The van der Waals surface area contributed by atoms with Gasteiger partial charge in [-0.3, -0.25) is 4.79 Å². The topological polar surface area (TPSA) is 81.2 Å². The number of anilines is 1. The molecule has 3 heterocycles. The lowest BCUT2D eigenvalue weighted by atomic mass is 10.1. The Hall–Kier alpha value is -3.58. The average molecular weight is 430 g/mol. The van der Waals surface area contributed by atoms with E-state index >= 15 is 0 Å². The molecule has 5 rings (SSSR count). The smallest absolute Gasteiger partial charge is 0.258 e. The van der Waals surface area contributed by atoms with Crippen molar-refractivity contribution in [2.24, 2.45) is 0 Å². The average Bonchev–Trinajstić information content (AvgIpc) is 3.31. The molecule has 0 atom stereocenters. The summed E-state index contributed by atoms with van der Waals surface area (Å²) in [5.74, 6) is 1.21. The largest absolute Gasteiger partial charge is 0.456 e. The Kier molecular flexibility index (Phi) is 4.95. The number of rotatable bonds is 5. The minimum Gasteiger partial charge on any atom is -0.456 e. The van der Waals surface area contributed by atoms with Crippen molar-refractivity contribution >= 4 is 45.3 Å². The van der Waals surface area contributed by atoms with Crippen molar-refractivity contribution in [3.05, 3.63) is 83.4 Å². The lowest BCUT2D eigenvalue weighted by molar-refractivity contribution is 0.102. The lowest BCUT2D eigenvalue weighted by Crippen LogP contribution is -2.13. The van der Waals surface area contributed by atoms with Gasteiger partial charge in [-0.25, -0.2) is 4.98 Å². The summed E-state index contributed by atoms with van der Waals surface area (Å²) in [6.45, 7) is 3.80. The molecule has 2 aromatic carbocycles. The second-order valence-electron chi connectivity index (χ2n) is 7.21. The van der Waals surface area contributed by atoms with E-state index in [-0.39, 0.29) is 5.91 Å². The predicted octanol–water partition coefficient (Wildman–Crippen LogP) is 6.13. The molecule has 0 saturated carbocycles. The van der Waals surface area contributed by atoms with E-state index in [1.165, 1.54) is 11.8 Å². The van der Waals surface area contributed by atoms with E-state index in [1.54, 1.807) is 18.3 Å². The van der Waals surface area contributed by atoms with Crippen LogP contribution in [-0.2, 0) is 5.75 Å². The molecule has 0 aliphatic heterocycles.